The third-order valence-corrected chi connectivity index (χ3v) is 13.5. The van der Waals surface area contributed by atoms with Crippen molar-refractivity contribution in [3.8, 4) is 22.5 Å². The van der Waals surface area contributed by atoms with E-state index in [2.05, 4.69) is 30.3 Å². The Hall–Kier alpha value is -4.90. The van der Waals surface area contributed by atoms with Crippen molar-refractivity contribution < 1.29 is 19.1 Å². The molecule has 0 spiro atoms. The molecule has 3 amide bonds. The van der Waals surface area contributed by atoms with Gasteiger partial charge in [0.1, 0.15) is 23.3 Å². The molecule has 2 aliphatic heterocycles. The molecule has 1 aliphatic carbocycles. The molecular formula is C46H62Cl4N12O4. The quantitative estimate of drug-likeness (QED) is 0.111. The van der Waals surface area contributed by atoms with Crippen LogP contribution in [-0.2, 0) is 28.4 Å². The number of halogens is 4. The van der Waals surface area contributed by atoms with Crippen LogP contribution in [0, 0.1) is 5.92 Å². The normalized spacial score (nSPS) is 16.7. The van der Waals surface area contributed by atoms with Crippen molar-refractivity contribution in [2.75, 3.05) is 68.7 Å². The molecule has 16 nitrogen and oxygen atoms in total. The summed E-state index contributed by atoms with van der Waals surface area (Å²) in [6.07, 6.45) is 6.48. The van der Waals surface area contributed by atoms with Gasteiger partial charge in [0.05, 0.1) is 38.0 Å². The van der Waals surface area contributed by atoms with Crippen LogP contribution in [0.3, 0.4) is 0 Å². The molecule has 0 radical (unpaired) electrons. The number of rotatable bonds is 9. The Morgan fingerprint density at radius 1 is 0.727 bits per heavy atom. The Morgan fingerprint density at radius 3 is 1.73 bits per heavy atom. The van der Waals surface area contributed by atoms with Gasteiger partial charge in [-0.1, -0.05) is 89.9 Å². The smallest absolute Gasteiger partial charge is 0.410 e. The maximum absolute atomic E-state index is 13.0. The lowest BCUT2D eigenvalue weighted by atomic mass is 9.83. The summed E-state index contributed by atoms with van der Waals surface area (Å²) in [5.41, 5.74) is 13.8. The lowest BCUT2D eigenvalue weighted by Crippen LogP contribution is -2.46. The summed E-state index contributed by atoms with van der Waals surface area (Å²) < 4.78 is 9.17. The first-order valence-electron chi connectivity index (χ1n) is 22.5. The predicted molar refractivity (Wildman–Crippen MR) is 265 cm³/mol. The van der Waals surface area contributed by atoms with Gasteiger partial charge in [-0.3, -0.25) is 19.0 Å². The number of carbonyl (C=O) groups is 3. The molecule has 4 heterocycles. The minimum atomic E-state index is -0.653. The van der Waals surface area contributed by atoms with Gasteiger partial charge >= 0.3 is 6.09 Å². The predicted octanol–water partition coefficient (Wildman–Crippen LogP) is 7.61. The molecule has 20 heteroatoms. The number of hydrogen-bond donors (Lipinski definition) is 3. The Morgan fingerprint density at radius 2 is 1.23 bits per heavy atom. The molecule has 7 rings (SSSR count). The van der Waals surface area contributed by atoms with Crippen LogP contribution in [0.1, 0.15) is 65.7 Å². The van der Waals surface area contributed by atoms with E-state index in [1.165, 1.54) is 0 Å². The molecule has 1 saturated carbocycles. The maximum Gasteiger partial charge on any atom is 0.410 e. The van der Waals surface area contributed by atoms with Gasteiger partial charge in [0.15, 0.2) is 5.96 Å². The average molecular weight is 989 g/mol. The number of nitrogens with zero attached hydrogens (tertiary/aromatic N) is 9. The first-order valence-corrected chi connectivity index (χ1v) is 24.0. The number of anilines is 2. The number of aliphatic imine (C=N–C) groups is 1. The van der Waals surface area contributed by atoms with Gasteiger partial charge in [-0.05, 0) is 64.5 Å². The number of amides is 3. The second-order valence-electron chi connectivity index (χ2n) is 17.9. The van der Waals surface area contributed by atoms with E-state index < -0.39 is 11.6 Å². The van der Waals surface area contributed by atoms with Crippen LogP contribution in [0.4, 0.5) is 16.4 Å². The zero-order valence-corrected chi connectivity index (χ0v) is 41.4. The van der Waals surface area contributed by atoms with Crippen molar-refractivity contribution in [2.24, 2.45) is 36.5 Å². The van der Waals surface area contributed by atoms with Crippen molar-refractivity contribution in [1.82, 2.24) is 34.7 Å². The number of ether oxygens (including phenoxy) is 1. The lowest BCUT2D eigenvalue weighted by molar-refractivity contribution is -0.133. The molecule has 358 valence electrons. The molecule has 2 saturated heterocycles. The number of nitrogens with two attached hydrogens (primary N) is 2. The fourth-order valence-corrected chi connectivity index (χ4v) is 9.39. The van der Waals surface area contributed by atoms with Crippen molar-refractivity contribution in [3.05, 3.63) is 68.6 Å². The topological polar surface area (TPSA) is 185 Å². The summed E-state index contributed by atoms with van der Waals surface area (Å²) in [5.74, 6) is 1.49. The van der Waals surface area contributed by atoms with Crippen molar-refractivity contribution in [2.45, 2.75) is 77.4 Å². The monoisotopic (exact) mass is 986 g/mol. The third-order valence-electron chi connectivity index (χ3n) is 11.9. The van der Waals surface area contributed by atoms with Gasteiger partial charge in [0.25, 0.3) is 0 Å². The summed E-state index contributed by atoms with van der Waals surface area (Å²) in [7, 11) is 3.80. The van der Waals surface area contributed by atoms with Crippen LogP contribution in [-0.4, -0.2) is 124 Å². The number of carbonyl (C=O) groups excluding carboxylic acids is 3. The van der Waals surface area contributed by atoms with Crippen LogP contribution >= 0.6 is 46.4 Å². The van der Waals surface area contributed by atoms with E-state index in [4.69, 9.17) is 62.6 Å². The number of hydrogen-bond acceptors (Lipinski definition) is 9. The van der Waals surface area contributed by atoms with Crippen molar-refractivity contribution >= 4 is 81.9 Å². The number of nitrogens with one attached hydrogen (secondary N) is 1. The molecular weight excluding hydrogens is 926 g/mol. The number of aromatic nitrogens is 4. The SMILES string of the molecule is Cn1nc(-c2cccc(Cl)c2Cl)cc1N1CCCN(C(=O)CNC(=O)[C@H](N=C(N)N)C2CCCCC2)CC1.Cn1nc(-c2cccc(Cl)c2Cl)cc1N1CCCN(C(=O)OC(C)(C)C)CC1. The summed E-state index contributed by atoms with van der Waals surface area (Å²) in [5, 5.41) is 14.0. The first kappa shape index (κ1) is 50.5. The molecule has 0 bridgehead atoms. The maximum atomic E-state index is 13.0. The molecule has 4 aromatic rings. The van der Waals surface area contributed by atoms with E-state index in [9.17, 15) is 14.4 Å². The van der Waals surface area contributed by atoms with Crippen LogP contribution in [0.15, 0.2) is 53.5 Å². The first-order chi connectivity index (χ1) is 31.4. The van der Waals surface area contributed by atoms with Crippen LogP contribution < -0.4 is 26.6 Å². The van der Waals surface area contributed by atoms with E-state index in [-0.39, 0.29) is 36.3 Å². The fourth-order valence-electron chi connectivity index (χ4n) is 8.59. The van der Waals surface area contributed by atoms with E-state index in [0.29, 0.717) is 59.4 Å². The molecule has 2 aromatic heterocycles. The van der Waals surface area contributed by atoms with E-state index in [1.807, 2.05) is 80.6 Å². The van der Waals surface area contributed by atoms with Crippen molar-refractivity contribution in [3.63, 3.8) is 0 Å². The molecule has 3 aliphatic rings. The van der Waals surface area contributed by atoms with E-state index in [0.717, 1.165) is 92.2 Å². The summed E-state index contributed by atoms with van der Waals surface area (Å²) in [6.45, 7) is 10.9. The van der Waals surface area contributed by atoms with Gasteiger partial charge in [-0.2, -0.15) is 10.2 Å². The van der Waals surface area contributed by atoms with Crippen LogP contribution in [0.2, 0.25) is 20.1 Å². The summed E-state index contributed by atoms with van der Waals surface area (Å²) in [4.78, 5) is 50.5. The highest BCUT2D eigenvalue weighted by Gasteiger charge is 2.31. The molecule has 1 atom stereocenters. The fraction of sp³-hybridized carbons (Fsp3) is 0.522. The third kappa shape index (κ3) is 13.2. The summed E-state index contributed by atoms with van der Waals surface area (Å²) in [6, 6.07) is 14.4. The molecule has 2 aromatic carbocycles. The molecule has 3 fully saturated rings. The second kappa shape index (κ2) is 22.7. The second-order valence-corrected chi connectivity index (χ2v) is 19.4. The van der Waals surface area contributed by atoms with E-state index >= 15 is 0 Å². The zero-order chi connectivity index (χ0) is 47.7. The Labute approximate surface area is 407 Å². The molecule has 66 heavy (non-hydrogen) atoms. The van der Waals surface area contributed by atoms with Crippen LogP contribution in [0.25, 0.3) is 22.5 Å². The van der Waals surface area contributed by atoms with Crippen molar-refractivity contribution in [1.29, 1.82) is 0 Å². The van der Waals surface area contributed by atoms with Gasteiger partial charge < -0.3 is 41.1 Å². The lowest BCUT2D eigenvalue weighted by Gasteiger charge is -2.27. The van der Waals surface area contributed by atoms with Gasteiger partial charge in [0, 0.05) is 89.7 Å². The Balaban J connectivity index is 0.000000229. The largest absolute Gasteiger partial charge is 0.444 e. The highest BCUT2D eigenvalue weighted by molar-refractivity contribution is 6.44. The highest BCUT2D eigenvalue weighted by atomic mass is 35.5. The highest BCUT2D eigenvalue weighted by Crippen LogP contribution is 2.36. The number of benzene rings is 2. The standard InChI is InChI=1S/C26H36Cl2N8O2.C20H26Cl2N4O2/c1-34-21(15-20(33-34)18-9-5-10-19(27)23(18)28)35-11-6-12-36(14-13-35)22(37)16-31-25(38)24(32-26(29)30)17-7-3-2-4-8-17;1-20(2,3)28-19(27)26-10-6-9-25(11-12-26)17-13-16(23-24(17)4)14-7-5-8-15(21)18(14)22/h5,9-10,15,17,24H,2-4,6-8,11-14,16H2,1H3,(H,31,38)(H4,29,30,32);5,7-8,13H,6,9-12H2,1-4H3/t24-;/m1./s1. The minimum absolute atomic E-state index is 0.0782. The zero-order valence-electron chi connectivity index (χ0n) is 38.4. The van der Waals surface area contributed by atoms with Gasteiger partial charge in [0.2, 0.25) is 11.8 Å². The molecule has 0 unspecified atom stereocenters. The number of guanidine groups is 1. The van der Waals surface area contributed by atoms with Crippen LogP contribution in [0.5, 0.6) is 0 Å². The van der Waals surface area contributed by atoms with Gasteiger partial charge in [-0.15, -0.1) is 0 Å². The Bertz CT molecular complexity index is 2350. The van der Waals surface area contributed by atoms with E-state index in [1.54, 1.807) is 21.9 Å². The van der Waals surface area contributed by atoms with Gasteiger partial charge in [-0.25, -0.2) is 9.79 Å². The minimum Gasteiger partial charge on any atom is -0.444 e. The average Bonchev–Trinajstić information content (AvgIpc) is 3.61. The summed E-state index contributed by atoms with van der Waals surface area (Å²) >= 11 is 25.1. The Kier molecular flexibility index (Phi) is 17.4. The number of aryl methyl sites for hydroxylation is 2. The molecule has 5 N–H and O–H groups in total.